The Kier molecular flexibility index (Phi) is 3.79. The molecule has 15 heavy (non-hydrogen) atoms. The first kappa shape index (κ1) is 11.2. The molecule has 0 aliphatic heterocycles. The van der Waals surface area contributed by atoms with Crippen molar-refractivity contribution in [1.29, 1.82) is 0 Å². The van der Waals surface area contributed by atoms with Gasteiger partial charge in [0, 0.05) is 6.04 Å². The molecule has 0 aliphatic rings. The lowest BCUT2D eigenvalue weighted by atomic mass is 10.2. The molecule has 80 valence electrons. The normalized spacial score (nSPS) is 11.8. The second kappa shape index (κ2) is 5.09. The molecule has 5 heteroatoms. The maximum absolute atomic E-state index is 10.6. The Balaban J connectivity index is 2.73. The average molecular weight is 207 g/mol. The van der Waals surface area contributed by atoms with Gasteiger partial charge in [-0.3, -0.25) is 4.98 Å². The van der Waals surface area contributed by atoms with Crippen LogP contribution in [0.2, 0.25) is 0 Å². The van der Waals surface area contributed by atoms with Gasteiger partial charge in [0.25, 0.3) is 0 Å². The maximum Gasteiger partial charge on any atom is 0.356 e. The third-order valence-corrected chi connectivity index (χ3v) is 1.77. The molecule has 1 atom stereocenters. The van der Waals surface area contributed by atoms with Crippen LogP contribution in [0.3, 0.4) is 0 Å². The first-order valence-corrected chi connectivity index (χ1v) is 4.56. The van der Waals surface area contributed by atoms with Crippen LogP contribution in [-0.4, -0.2) is 27.1 Å². The molecular formula is C10H13N3O2. The van der Waals surface area contributed by atoms with E-state index in [1.807, 2.05) is 6.92 Å². The topological polar surface area (TPSA) is 75.1 Å². The molecule has 0 aliphatic carbocycles. The fourth-order valence-corrected chi connectivity index (χ4v) is 1.10. The van der Waals surface area contributed by atoms with Crippen LogP contribution in [-0.2, 0) is 0 Å². The predicted octanol–water partition coefficient (Wildman–Crippen LogP) is 1.55. The molecule has 0 fully saturated rings. The Morgan fingerprint density at radius 1 is 1.73 bits per heavy atom. The number of nitrogens with one attached hydrogen (secondary N) is 1. The highest BCUT2D eigenvalue weighted by atomic mass is 16.4. The van der Waals surface area contributed by atoms with E-state index in [2.05, 4.69) is 21.9 Å². The van der Waals surface area contributed by atoms with Gasteiger partial charge in [-0.25, -0.2) is 9.78 Å². The summed E-state index contributed by atoms with van der Waals surface area (Å²) in [5, 5.41) is 11.7. The largest absolute Gasteiger partial charge is 0.476 e. The van der Waals surface area contributed by atoms with Crippen molar-refractivity contribution in [3.05, 3.63) is 30.7 Å². The molecule has 1 aromatic rings. The summed E-state index contributed by atoms with van der Waals surface area (Å²) in [7, 11) is 0. The Bertz CT molecular complexity index is 365. The second-order valence-corrected chi connectivity index (χ2v) is 3.16. The number of rotatable bonds is 5. The zero-order chi connectivity index (χ0) is 11.3. The predicted molar refractivity (Wildman–Crippen MR) is 56.9 cm³/mol. The number of aromatic carboxylic acids is 1. The second-order valence-electron chi connectivity index (χ2n) is 3.16. The first-order valence-electron chi connectivity index (χ1n) is 4.56. The summed E-state index contributed by atoms with van der Waals surface area (Å²) in [6.45, 7) is 5.57. The highest BCUT2D eigenvalue weighted by molar-refractivity contribution is 5.85. The molecule has 0 bridgehead atoms. The Labute approximate surface area is 87.9 Å². The van der Waals surface area contributed by atoms with E-state index in [4.69, 9.17) is 5.11 Å². The minimum absolute atomic E-state index is 0.0641. The first-order chi connectivity index (χ1) is 7.13. The van der Waals surface area contributed by atoms with Gasteiger partial charge in [0.05, 0.1) is 12.4 Å². The van der Waals surface area contributed by atoms with Gasteiger partial charge < -0.3 is 10.4 Å². The summed E-state index contributed by atoms with van der Waals surface area (Å²) in [5.41, 5.74) is -0.0641. The minimum Gasteiger partial charge on any atom is -0.476 e. The molecule has 0 saturated heterocycles. The van der Waals surface area contributed by atoms with Gasteiger partial charge in [-0.2, -0.15) is 0 Å². The van der Waals surface area contributed by atoms with Gasteiger partial charge in [-0.15, -0.1) is 6.58 Å². The molecule has 2 N–H and O–H groups in total. The van der Waals surface area contributed by atoms with Gasteiger partial charge in [0.15, 0.2) is 5.69 Å². The minimum atomic E-state index is -1.08. The molecule has 0 saturated carbocycles. The molecule has 0 aromatic carbocycles. The lowest BCUT2D eigenvalue weighted by Gasteiger charge is -2.11. The van der Waals surface area contributed by atoms with Crippen molar-refractivity contribution in [2.45, 2.75) is 19.4 Å². The number of carbonyl (C=O) groups is 1. The zero-order valence-electron chi connectivity index (χ0n) is 8.47. The van der Waals surface area contributed by atoms with E-state index >= 15 is 0 Å². The monoisotopic (exact) mass is 207 g/mol. The lowest BCUT2D eigenvalue weighted by molar-refractivity contribution is 0.0690. The third-order valence-electron chi connectivity index (χ3n) is 1.77. The zero-order valence-corrected chi connectivity index (χ0v) is 8.47. The molecule has 1 heterocycles. The van der Waals surface area contributed by atoms with E-state index < -0.39 is 5.97 Å². The lowest BCUT2D eigenvalue weighted by Crippen LogP contribution is -2.16. The van der Waals surface area contributed by atoms with E-state index in [0.717, 1.165) is 6.42 Å². The van der Waals surface area contributed by atoms with Crippen LogP contribution in [0.25, 0.3) is 0 Å². The number of carboxylic acids is 1. The number of carboxylic acid groups (broad SMARTS) is 1. The van der Waals surface area contributed by atoms with Crippen LogP contribution in [0.1, 0.15) is 23.8 Å². The van der Waals surface area contributed by atoms with Crippen LogP contribution < -0.4 is 5.32 Å². The number of hydrogen-bond acceptors (Lipinski definition) is 4. The maximum atomic E-state index is 10.6. The van der Waals surface area contributed by atoms with Gasteiger partial charge in [0.1, 0.15) is 5.82 Å². The van der Waals surface area contributed by atoms with Gasteiger partial charge in [-0.1, -0.05) is 6.08 Å². The fourth-order valence-electron chi connectivity index (χ4n) is 1.10. The molecular weight excluding hydrogens is 194 g/mol. The Hall–Kier alpha value is -1.91. The molecule has 5 nitrogen and oxygen atoms in total. The molecule has 1 unspecified atom stereocenters. The smallest absolute Gasteiger partial charge is 0.356 e. The standard InChI is InChI=1S/C10H13N3O2/c1-3-4-7(2)12-9-6-11-5-8(13-9)10(14)15/h3,5-7H,1,4H2,2H3,(H,12,13)(H,14,15). The van der Waals surface area contributed by atoms with Gasteiger partial charge in [-0.05, 0) is 13.3 Å². The highest BCUT2D eigenvalue weighted by Crippen LogP contribution is 2.06. The molecule has 0 amide bonds. The van der Waals surface area contributed by atoms with Crippen molar-refractivity contribution in [1.82, 2.24) is 9.97 Å². The van der Waals surface area contributed by atoms with Crippen molar-refractivity contribution >= 4 is 11.8 Å². The number of anilines is 1. The summed E-state index contributed by atoms with van der Waals surface area (Å²) in [6, 6.07) is 0.154. The van der Waals surface area contributed by atoms with Gasteiger partial charge in [0.2, 0.25) is 0 Å². The summed E-state index contributed by atoms with van der Waals surface area (Å²) in [5.74, 6) is -0.619. The highest BCUT2D eigenvalue weighted by Gasteiger charge is 2.07. The Morgan fingerprint density at radius 2 is 2.47 bits per heavy atom. The summed E-state index contributed by atoms with van der Waals surface area (Å²) in [6.07, 6.45) is 5.27. The molecule has 0 spiro atoms. The van der Waals surface area contributed by atoms with Crippen molar-refractivity contribution in [3.63, 3.8) is 0 Å². The fraction of sp³-hybridized carbons (Fsp3) is 0.300. The summed E-state index contributed by atoms with van der Waals surface area (Å²) < 4.78 is 0. The molecule has 0 radical (unpaired) electrons. The van der Waals surface area contributed by atoms with Crippen molar-refractivity contribution in [2.75, 3.05) is 5.32 Å². The van der Waals surface area contributed by atoms with Crippen LogP contribution in [0, 0.1) is 0 Å². The van der Waals surface area contributed by atoms with E-state index in [9.17, 15) is 4.79 Å². The molecule has 1 rings (SSSR count). The number of aromatic nitrogens is 2. The van der Waals surface area contributed by atoms with E-state index in [-0.39, 0.29) is 11.7 Å². The SMILES string of the molecule is C=CCC(C)Nc1cncc(C(=O)O)n1. The summed E-state index contributed by atoms with van der Waals surface area (Å²) in [4.78, 5) is 18.3. The van der Waals surface area contributed by atoms with Crippen molar-refractivity contribution < 1.29 is 9.90 Å². The Morgan fingerprint density at radius 3 is 3.07 bits per heavy atom. The van der Waals surface area contributed by atoms with Crippen LogP contribution in [0.5, 0.6) is 0 Å². The quantitative estimate of drug-likeness (QED) is 0.716. The van der Waals surface area contributed by atoms with Crippen LogP contribution in [0.15, 0.2) is 25.0 Å². The molecule has 1 aromatic heterocycles. The van der Waals surface area contributed by atoms with Crippen LogP contribution in [0.4, 0.5) is 5.82 Å². The average Bonchev–Trinajstić information content (AvgIpc) is 2.18. The van der Waals surface area contributed by atoms with Gasteiger partial charge >= 0.3 is 5.97 Å². The van der Waals surface area contributed by atoms with Crippen molar-refractivity contribution in [2.24, 2.45) is 0 Å². The van der Waals surface area contributed by atoms with E-state index in [1.165, 1.54) is 12.4 Å². The number of nitrogens with zero attached hydrogens (tertiary/aromatic N) is 2. The van der Waals surface area contributed by atoms with E-state index in [1.54, 1.807) is 6.08 Å². The van der Waals surface area contributed by atoms with E-state index in [0.29, 0.717) is 5.82 Å². The number of hydrogen-bond donors (Lipinski definition) is 2. The van der Waals surface area contributed by atoms with Crippen molar-refractivity contribution in [3.8, 4) is 0 Å². The third kappa shape index (κ3) is 3.38. The van der Waals surface area contributed by atoms with Crippen LogP contribution >= 0.6 is 0 Å². The summed E-state index contributed by atoms with van der Waals surface area (Å²) >= 11 is 0.